The molecule has 0 bridgehead atoms. The van der Waals surface area contributed by atoms with Crippen LogP contribution in [0, 0.1) is 0 Å². The Bertz CT molecular complexity index is 537. The van der Waals surface area contributed by atoms with Crippen molar-refractivity contribution < 1.29 is 9.47 Å². The molecular weight excluding hydrogens is 262 g/mol. The maximum atomic E-state index is 5.44. The van der Waals surface area contributed by atoms with Crippen molar-refractivity contribution in [1.29, 1.82) is 0 Å². The molecule has 1 N–H and O–H groups in total. The minimum Gasteiger partial charge on any atom is -0.494 e. The van der Waals surface area contributed by atoms with Gasteiger partial charge in [-0.2, -0.15) is 0 Å². The first-order chi connectivity index (χ1) is 10.3. The monoisotopic (exact) mass is 285 g/mol. The number of nitrogens with one attached hydrogen (secondary N) is 1. The van der Waals surface area contributed by atoms with E-state index in [1.165, 1.54) is 16.7 Å². The van der Waals surface area contributed by atoms with Crippen LogP contribution in [0.5, 0.6) is 5.75 Å². The summed E-state index contributed by atoms with van der Waals surface area (Å²) in [5, 5.41) is 3.47. The molecule has 0 spiro atoms. The molecule has 3 heteroatoms. The zero-order valence-electron chi connectivity index (χ0n) is 12.8. The fourth-order valence-corrected chi connectivity index (χ4v) is 2.24. The van der Waals surface area contributed by atoms with Gasteiger partial charge in [0.05, 0.1) is 13.2 Å². The van der Waals surface area contributed by atoms with Crippen molar-refractivity contribution in [3.05, 3.63) is 65.2 Å². The third-order valence-corrected chi connectivity index (χ3v) is 3.30. The highest BCUT2D eigenvalue weighted by molar-refractivity contribution is 5.28. The van der Waals surface area contributed by atoms with Crippen molar-refractivity contribution in [2.24, 2.45) is 0 Å². The number of methoxy groups -OCH3 is 1. The van der Waals surface area contributed by atoms with Gasteiger partial charge >= 0.3 is 0 Å². The summed E-state index contributed by atoms with van der Waals surface area (Å²) in [5.74, 6) is 0.923. The van der Waals surface area contributed by atoms with E-state index < -0.39 is 0 Å². The molecule has 2 rings (SSSR count). The number of hydrogen-bond donors (Lipinski definition) is 1. The summed E-state index contributed by atoms with van der Waals surface area (Å²) in [6, 6.07) is 16.6. The minimum absolute atomic E-state index is 0.654. The Kier molecular flexibility index (Phi) is 6.25. The van der Waals surface area contributed by atoms with E-state index in [1.807, 2.05) is 25.1 Å². The third-order valence-electron chi connectivity index (χ3n) is 3.30. The van der Waals surface area contributed by atoms with E-state index in [9.17, 15) is 0 Å². The largest absolute Gasteiger partial charge is 0.494 e. The zero-order valence-corrected chi connectivity index (χ0v) is 12.8. The van der Waals surface area contributed by atoms with E-state index in [0.29, 0.717) is 13.2 Å². The molecule has 0 atom stereocenters. The lowest BCUT2D eigenvalue weighted by atomic mass is 10.1. The second-order valence-electron chi connectivity index (χ2n) is 4.88. The van der Waals surface area contributed by atoms with E-state index in [1.54, 1.807) is 7.11 Å². The second-order valence-corrected chi connectivity index (χ2v) is 4.88. The Morgan fingerprint density at radius 2 is 1.62 bits per heavy atom. The predicted molar refractivity (Wildman–Crippen MR) is 85.3 cm³/mol. The van der Waals surface area contributed by atoms with Gasteiger partial charge in [-0.3, -0.25) is 0 Å². The van der Waals surface area contributed by atoms with Crippen LogP contribution in [0.2, 0.25) is 0 Å². The lowest BCUT2D eigenvalue weighted by molar-refractivity contribution is 0.184. The number of rotatable bonds is 8. The molecule has 0 unspecified atom stereocenters. The highest BCUT2D eigenvalue weighted by Crippen LogP contribution is 2.13. The summed E-state index contributed by atoms with van der Waals surface area (Å²) in [7, 11) is 1.73. The summed E-state index contributed by atoms with van der Waals surface area (Å²) in [4.78, 5) is 0. The smallest absolute Gasteiger partial charge is 0.119 e. The predicted octanol–water partition coefficient (Wildman–Crippen LogP) is 3.52. The summed E-state index contributed by atoms with van der Waals surface area (Å²) in [5.41, 5.74) is 3.77. The average molecular weight is 285 g/mol. The second kappa shape index (κ2) is 8.45. The molecule has 0 saturated carbocycles. The quantitative estimate of drug-likeness (QED) is 0.805. The van der Waals surface area contributed by atoms with E-state index in [-0.39, 0.29) is 0 Å². The average Bonchev–Trinajstić information content (AvgIpc) is 2.51. The van der Waals surface area contributed by atoms with E-state index in [4.69, 9.17) is 9.47 Å². The van der Waals surface area contributed by atoms with Crippen molar-refractivity contribution in [2.45, 2.75) is 26.6 Å². The molecule has 0 radical (unpaired) electrons. The number of ether oxygens (including phenoxy) is 2. The first-order valence-corrected chi connectivity index (χ1v) is 7.31. The van der Waals surface area contributed by atoms with Gasteiger partial charge in [-0.25, -0.2) is 0 Å². The summed E-state index contributed by atoms with van der Waals surface area (Å²) in [6.07, 6.45) is 0. The van der Waals surface area contributed by atoms with Crippen LogP contribution in [-0.2, 0) is 24.4 Å². The molecule has 0 aliphatic heterocycles. The molecule has 3 nitrogen and oxygen atoms in total. The standard InChI is InChI=1S/C18H23NO2/c1-3-21-18-10-8-15(9-11-18)12-19-13-16-6-4-5-7-17(16)14-20-2/h4-11,19H,3,12-14H2,1-2H3. The van der Waals surface area contributed by atoms with Gasteiger partial charge in [0.1, 0.15) is 5.75 Å². The van der Waals surface area contributed by atoms with Crippen LogP contribution in [0.3, 0.4) is 0 Å². The zero-order chi connectivity index (χ0) is 14.9. The SMILES string of the molecule is CCOc1ccc(CNCc2ccccc2COC)cc1. The van der Waals surface area contributed by atoms with Crippen LogP contribution in [0.15, 0.2) is 48.5 Å². The highest BCUT2D eigenvalue weighted by Gasteiger charge is 2.01. The van der Waals surface area contributed by atoms with Gasteiger partial charge in [-0.1, -0.05) is 36.4 Å². The van der Waals surface area contributed by atoms with E-state index in [2.05, 4.69) is 35.6 Å². The Morgan fingerprint density at radius 3 is 2.29 bits per heavy atom. The van der Waals surface area contributed by atoms with Crippen molar-refractivity contribution in [3.8, 4) is 5.75 Å². The normalized spacial score (nSPS) is 10.6. The fourth-order valence-electron chi connectivity index (χ4n) is 2.24. The van der Waals surface area contributed by atoms with Crippen molar-refractivity contribution in [3.63, 3.8) is 0 Å². The van der Waals surface area contributed by atoms with Gasteiger partial charge in [-0.05, 0) is 35.7 Å². The van der Waals surface area contributed by atoms with Crippen molar-refractivity contribution >= 4 is 0 Å². The molecule has 0 fully saturated rings. The van der Waals surface area contributed by atoms with Crippen molar-refractivity contribution in [2.75, 3.05) is 13.7 Å². The van der Waals surface area contributed by atoms with E-state index in [0.717, 1.165) is 18.8 Å². The molecular formula is C18H23NO2. The third kappa shape index (κ3) is 4.88. The van der Waals surface area contributed by atoms with Crippen LogP contribution in [-0.4, -0.2) is 13.7 Å². The first kappa shape index (κ1) is 15.5. The fraction of sp³-hybridized carbons (Fsp3) is 0.333. The minimum atomic E-state index is 0.654. The lowest BCUT2D eigenvalue weighted by Gasteiger charge is -2.10. The van der Waals surface area contributed by atoms with Crippen molar-refractivity contribution in [1.82, 2.24) is 5.32 Å². The van der Waals surface area contributed by atoms with Gasteiger partial charge in [0.25, 0.3) is 0 Å². The molecule has 0 saturated heterocycles. The van der Waals surface area contributed by atoms with Gasteiger partial charge in [0, 0.05) is 20.2 Å². The molecule has 2 aromatic rings. The number of hydrogen-bond acceptors (Lipinski definition) is 3. The summed E-state index contributed by atoms with van der Waals surface area (Å²) in [6.45, 7) is 5.03. The van der Waals surface area contributed by atoms with Crippen LogP contribution >= 0.6 is 0 Å². The first-order valence-electron chi connectivity index (χ1n) is 7.31. The molecule has 0 aliphatic carbocycles. The van der Waals surface area contributed by atoms with Crippen LogP contribution < -0.4 is 10.1 Å². The van der Waals surface area contributed by atoms with Gasteiger partial charge in [0.15, 0.2) is 0 Å². The molecule has 21 heavy (non-hydrogen) atoms. The van der Waals surface area contributed by atoms with Gasteiger partial charge in [0.2, 0.25) is 0 Å². The van der Waals surface area contributed by atoms with E-state index >= 15 is 0 Å². The molecule has 0 aromatic heterocycles. The van der Waals surface area contributed by atoms with Crippen LogP contribution in [0.4, 0.5) is 0 Å². The van der Waals surface area contributed by atoms with Gasteiger partial charge < -0.3 is 14.8 Å². The molecule has 0 heterocycles. The highest BCUT2D eigenvalue weighted by atomic mass is 16.5. The van der Waals surface area contributed by atoms with Crippen LogP contribution in [0.1, 0.15) is 23.6 Å². The molecule has 2 aromatic carbocycles. The Labute approximate surface area is 126 Å². The summed E-state index contributed by atoms with van der Waals surface area (Å²) >= 11 is 0. The Hall–Kier alpha value is -1.84. The van der Waals surface area contributed by atoms with Crippen LogP contribution in [0.25, 0.3) is 0 Å². The molecule has 0 amide bonds. The Morgan fingerprint density at radius 1 is 0.905 bits per heavy atom. The lowest BCUT2D eigenvalue weighted by Crippen LogP contribution is -2.14. The van der Waals surface area contributed by atoms with Gasteiger partial charge in [-0.15, -0.1) is 0 Å². The maximum Gasteiger partial charge on any atom is 0.119 e. The molecule has 0 aliphatic rings. The topological polar surface area (TPSA) is 30.5 Å². The summed E-state index contributed by atoms with van der Waals surface area (Å²) < 4.78 is 10.7. The maximum absolute atomic E-state index is 5.44. The molecule has 112 valence electrons. The Balaban J connectivity index is 1.86. The number of benzene rings is 2.